The number of nitrogens with one attached hydrogen (secondary N) is 2. The lowest BCUT2D eigenvalue weighted by Gasteiger charge is -2.13. The number of anilines is 2. The molecule has 2 N–H and O–H groups in total. The van der Waals surface area contributed by atoms with E-state index >= 15 is 0 Å². The summed E-state index contributed by atoms with van der Waals surface area (Å²) in [6.45, 7) is 0. The SMILES string of the molecule is Fc1ccc(Cl)c(NC(=S)Nc2ccc(OC(F)(F)F)cc2)c1. The summed E-state index contributed by atoms with van der Waals surface area (Å²) in [5.41, 5.74) is 0.686. The Morgan fingerprint density at radius 3 is 2.30 bits per heavy atom. The smallest absolute Gasteiger partial charge is 0.406 e. The third kappa shape index (κ3) is 5.57. The molecule has 0 aromatic heterocycles. The lowest BCUT2D eigenvalue weighted by atomic mass is 10.3. The molecular formula is C14H9ClF4N2OS. The van der Waals surface area contributed by atoms with Gasteiger partial charge >= 0.3 is 6.36 Å². The fraction of sp³-hybridized carbons (Fsp3) is 0.0714. The van der Waals surface area contributed by atoms with Crippen molar-refractivity contribution in [1.82, 2.24) is 0 Å². The Morgan fingerprint density at radius 2 is 1.70 bits per heavy atom. The van der Waals surface area contributed by atoms with E-state index < -0.39 is 12.2 Å². The van der Waals surface area contributed by atoms with E-state index in [0.717, 1.165) is 18.2 Å². The summed E-state index contributed by atoms with van der Waals surface area (Å²) in [5, 5.41) is 5.79. The van der Waals surface area contributed by atoms with E-state index in [1.165, 1.54) is 24.3 Å². The van der Waals surface area contributed by atoms with Crippen LogP contribution in [0.15, 0.2) is 42.5 Å². The van der Waals surface area contributed by atoms with Crippen LogP contribution >= 0.6 is 23.8 Å². The van der Waals surface area contributed by atoms with Crippen LogP contribution in [-0.2, 0) is 0 Å². The van der Waals surface area contributed by atoms with Gasteiger partial charge in [0.25, 0.3) is 0 Å². The van der Waals surface area contributed by atoms with E-state index in [4.69, 9.17) is 23.8 Å². The molecule has 0 amide bonds. The van der Waals surface area contributed by atoms with Crippen molar-refractivity contribution in [3.05, 3.63) is 53.3 Å². The molecule has 0 atom stereocenters. The number of alkyl halides is 3. The van der Waals surface area contributed by atoms with Crippen molar-refractivity contribution >= 4 is 40.3 Å². The molecule has 0 aliphatic carbocycles. The molecule has 3 nitrogen and oxygen atoms in total. The Balaban J connectivity index is 1.99. The first-order valence-corrected chi connectivity index (χ1v) is 6.90. The van der Waals surface area contributed by atoms with Gasteiger partial charge in [-0.05, 0) is 54.7 Å². The van der Waals surface area contributed by atoms with E-state index in [-0.39, 0.29) is 21.6 Å². The van der Waals surface area contributed by atoms with Gasteiger partial charge in [-0.3, -0.25) is 0 Å². The Kier molecular flexibility index (Phi) is 5.27. The van der Waals surface area contributed by atoms with Gasteiger partial charge in [0.2, 0.25) is 0 Å². The first kappa shape index (κ1) is 17.3. The maximum Gasteiger partial charge on any atom is 0.573 e. The Labute approximate surface area is 139 Å². The zero-order valence-corrected chi connectivity index (χ0v) is 12.8. The fourth-order valence-corrected chi connectivity index (χ4v) is 2.01. The molecule has 9 heteroatoms. The summed E-state index contributed by atoms with van der Waals surface area (Å²) >= 11 is 10.9. The van der Waals surface area contributed by atoms with Gasteiger partial charge in [-0.2, -0.15) is 0 Å². The molecule has 122 valence electrons. The maximum atomic E-state index is 13.1. The number of rotatable bonds is 3. The molecule has 2 aromatic rings. The minimum Gasteiger partial charge on any atom is -0.406 e. The second-order valence-electron chi connectivity index (χ2n) is 4.28. The topological polar surface area (TPSA) is 33.3 Å². The number of halogens is 5. The zero-order chi connectivity index (χ0) is 17.0. The number of ether oxygens (including phenoxy) is 1. The molecule has 0 fully saturated rings. The van der Waals surface area contributed by atoms with Gasteiger partial charge in [-0.25, -0.2) is 4.39 Å². The highest BCUT2D eigenvalue weighted by molar-refractivity contribution is 7.80. The summed E-state index contributed by atoms with van der Waals surface area (Å²) in [4.78, 5) is 0. The molecule has 0 aliphatic heterocycles. The molecule has 0 unspecified atom stereocenters. The molecule has 0 spiro atoms. The lowest BCUT2D eigenvalue weighted by molar-refractivity contribution is -0.274. The second-order valence-corrected chi connectivity index (χ2v) is 5.09. The van der Waals surface area contributed by atoms with Crippen molar-refractivity contribution in [2.45, 2.75) is 6.36 Å². The number of thiocarbonyl (C=S) groups is 1. The van der Waals surface area contributed by atoms with Crippen molar-refractivity contribution in [3.8, 4) is 5.75 Å². The van der Waals surface area contributed by atoms with Gasteiger partial charge in [0.1, 0.15) is 11.6 Å². The summed E-state index contributed by atoms with van der Waals surface area (Å²) in [5.74, 6) is -0.844. The van der Waals surface area contributed by atoms with Crippen molar-refractivity contribution in [2.75, 3.05) is 10.6 Å². The van der Waals surface area contributed by atoms with Crippen LogP contribution in [0.1, 0.15) is 0 Å². The predicted molar refractivity (Wildman–Crippen MR) is 84.4 cm³/mol. The van der Waals surface area contributed by atoms with Crippen LogP contribution in [0.3, 0.4) is 0 Å². The van der Waals surface area contributed by atoms with E-state index in [9.17, 15) is 17.6 Å². The Morgan fingerprint density at radius 1 is 1.04 bits per heavy atom. The molecule has 23 heavy (non-hydrogen) atoms. The van der Waals surface area contributed by atoms with Gasteiger partial charge in [-0.1, -0.05) is 11.6 Å². The normalized spacial score (nSPS) is 11.0. The van der Waals surface area contributed by atoms with Gasteiger partial charge in [-0.15, -0.1) is 13.2 Å². The average molecular weight is 365 g/mol. The van der Waals surface area contributed by atoms with Crippen molar-refractivity contribution < 1.29 is 22.3 Å². The maximum absolute atomic E-state index is 13.1. The molecule has 0 heterocycles. The largest absolute Gasteiger partial charge is 0.573 e. The third-order valence-corrected chi connectivity index (χ3v) is 3.06. The molecule has 2 aromatic carbocycles. The standard InChI is InChI=1S/C14H9ClF4N2OS/c15-11-6-1-8(16)7-12(11)21-13(23)20-9-2-4-10(5-3-9)22-14(17,18)19/h1-7H,(H2,20,21,23). The quantitative estimate of drug-likeness (QED) is 0.580. The highest BCUT2D eigenvalue weighted by Gasteiger charge is 2.30. The predicted octanol–water partition coefficient (Wildman–Crippen LogP) is 5.19. The van der Waals surface area contributed by atoms with Crippen LogP contribution in [0.25, 0.3) is 0 Å². The van der Waals surface area contributed by atoms with Crippen LogP contribution in [0.2, 0.25) is 5.02 Å². The molecule has 2 rings (SSSR count). The number of hydrogen-bond donors (Lipinski definition) is 2. The van der Waals surface area contributed by atoms with Gasteiger partial charge < -0.3 is 15.4 Å². The summed E-state index contributed by atoms with van der Waals surface area (Å²) < 4.78 is 53.0. The highest BCUT2D eigenvalue weighted by atomic mass is 35.5. The van der Waals surface area contributed by atoms with Gasteiger partial charge in [0, 0.05) is 5.69 Å². The van der Waals surface area contributed by atoms with Crippen LogP contribution in [0.4, 0.5) is 28.9 Å². The molecular weight excluding hydrogens is 356 g/mol. The monoisotopic (exact) mass is 364 g/mol. The van der Waals surface area contributed by atoms with E-state index in [0.29, 0.717) is 5.69 Å². The minimum absolute atomic E-state index is 0.0991. The zero-order valence-electron chi connectivity index (χ0n) is 11.2. The summed E-state index contributed by atoms with van der Waals surface area (Å²) in [6.07, 6.45) is -4.75. The minimum atomic E-state index is -4.75. The Bertz CT molecular complexity index is 707. The van der Waals surface area contributed by atoms with Crippen LogP contribution in [-0.4, -0.2) is 11.5 Å². The van der Waals surface area contributed by atoms with Crippen molar-refractivity contribution in [2.24, 2.45) is 0 Å². The fourth-order valence-electron chi connectivity index (χ4n) is 1.62. The Hall–Kier alpha value is -2.06. The second kappa shape index (κ2) is 7.01. The van der Waals surface area contributed by atoms with Crippen molar-refractivity contribution in [1.29, 1.82) is 0 Å². The van der Waals surface area contributed by atoms with Gasteiger partial charge in [0.05, 0.1) is 10.7 Å². The third-order valence-electron chi connectivity index (χ3n) is 2.52. The van der Waals surface area contributed by atoms with E-state index in [1.807, 2.05) is 0 Å². The number of benzene rings is 2. The summed E-state index contributed by atoms with van der Waals surface area (Å²) in [6, 6.07) is 8.69. The van der Waals surface area contributed by atoms with Gasteiger partial charge in [0.15, 0.2) is 5.11 Å². The number of hydrogen-bond acceptors (Lipinski definition) is 2. The van der Waals surface area contributed by atoms with Crippen LogP contribution in [0, 0.1) is 5.82 Å². The molecule has 0 saturated heterocycles. The first-order valence-electron chi connectivity index (χ1n) is 6.12. The van der Waals surface area contributed by atoms with Crippen LogP contribution < -0.4 is 15.4 Å². The van der Waals surface area contributed by atoms with Crippen LogP contribution in [0.5, 0.6) is 5.75 Å². The summed E-state index contributed by atoms with van der Waals surface area (Å²) in [7, 11) is 0. The van der Waals surface area contributed by atoms with Crippen molar-refractivity contribution in [3.63, 3.8) is 0 Å². The lowest BCUT2D eigenvalue weighted by Crippen LogP contribution is -2.19. The molecule has 0 aliphatic rings. The average Bonchev–Trinajstić information content (AvgIpc) is 2.43. The first-order chi connectivity index (χ1) is 10.7. The van der Waals surface area contributed by atoms with E-state index in [1.54, 1.807) is 0 Å². The molecule has 0 radical (unpaired) electrons. The van der Waals surface area contributed by atoms with E-state index in [2.05, 4.69) is 15.4 Å². The molecule has 0 saturated carbocycles. The highest BCUT2D eigenvalue weighted by Crippen LogP contribution is 2.25. The molecule has 0 bridgehead atoms.